The lowest BCUT2D eigenvalue weighted by Crippen LogP contribution is -2.53. The lowest BCUT2D eigenvalue weighted by molar-refractivity contribution is -0.138. The molecule has 2 aliphatic carbocycles. The molecular weight excluding hydrogens is 856 g/mol. The molecule has 4 aliphatic rings. The third-order valence-corrected chi connectivity index (χ3v) is 13.2. The van der Waals surface area contributed by atoms with E-state index in [0.29, 0.717) is 36.8 Å². The first-order chi connectivity index (χ1) is 26.4. The molecule has 0 bridgehead atoms. The predicted molar refractivity (Wildman–Crippen MR) is 216 cm³/mol. The molecule has 0 spiro atoms. The normalized spacial score (nSPS) is 25.7. The van der Waals surface area contributed by atoms with Gasteiger partial charge in [-0.05, 0) is 119 Å². The topological polar surface area (TPSA) is 125 Å². The summed E-state index contributed by atoms with van der Waals surface area (Å²) < 4.78 is 11.6. The zero-order valence-electron chi connectivity index (χ0n) is 30.0. The molecule has 13 heteroatoms. The Labute approximate surface area is 341 Å². The summed E-state index contributed by atoms with van der Waals surface area (Å²) in [6.07, 6.45) is 3.18. The van der Waals surface area contributed by atoms with E-state index in [4.69, 9.17) is 32.7 Å². The van der Waals surface area contributed by atoms with E-state index in [-0.39, 0.29) is 41.2 Å². The number of hydrogen-bond acceptors (Lipinski definition) is 8. The Morgan fingerprint density at radius 1 is 0.891 bits per heavy atom. The van der Waals surface area contributed by atoms with Crippen LogP contribution in [-0.4, -0.2) is 48.0 Å². The number of aromatic hydroxyl groups is 1. The molecule has 282 valence electrons. The standard InChI is InChI=1S/C42H36Cl2IN3O7/c1-4-21-5-10-25(11-6-21)47-38(50)28-15-14-27-29(35(28)40(47)52)20-30-39(51)48(46-33-16-9-24(43)19-31(33)44)41(53)42(30,23-7-12-26(54-2)13-8-23)36(27)22-17-32(45)37(49)34(18-22)55-3/h5-14,16-19,28-30,35-36,46,49H,4,15,20H2,1-3H3/t28-,29+,30-,35-,36-,42+/m0/s1. The van der Waals surface area contributed by atoms with Gasteiger partial charge >= 0.3 is 0 Å². The second-order valence-corrected chi connectivity index (χ2v) is 16.3. The van der Waals surface area contributed by atoms with Crippen molar-refractivity contribution in [2.45, 2.75) is 37.5 Å². The van der Waals surface area contributed by atoms with Gasteiger partial charge in [-0.25, -0.2) is 0 Å². The van der Waals surface area contributed by atoms with Crippen molar-refractivity contribution in [1.29, 1.82) is 0 Å². The van der Waals surface area contributed by atoms with Gasteiger partial charge in [0, 0.05) is 10.9 Å². The molecule has 3 fully saturated rings. The molecule has 4 aromatic carbocycles. The fourth-order valence-electron chi connectivity index (χ4n) is 9.27. The van der Waals surface area contributed by atoms with Gasteiger partial charge in [0.25, 0.3) is 11.8 Å². The highest BCUT2D eigenvalue weighted by Gasteiger charge is 2.70. The highest BCUT2D eigenvalue weighted by molar-refractivity contribution is 14.1. The van der Waals surface area contributed by atoms with Gasteiger partial charge in [0.15, 0.2) is 11.5 Å². The smallest absolute Gasteiger partial charge is 0.260 e. The first kappa shape index (κ1) is 37.3. The first-order valence-corrected chi connectivity index (χ1v) is 19.8. The molecular formula is C42H36Cl2IN3O7. The molecule has 2 saturated heterocycles. The fraction of sp³-hybridized carbons (Fsp3) is 0.286. The molecule has 0 aromatic heterocycles. The van der Waals surface area contributed by atoms with Crippen LogP contribution in [0.3, 0.4) is 0 Å². The number of hydrazine groups is 1. The van der Waals surface area contributed by atoms with Crippen LogP contribution in [0.25, 0.3) is 0 Å². The molecule has 2 heterocycles. The maximum Gasteiger partial charge on any atom is 0.260 e. The minimum Gasteiger partial charge on any atom is -0.504 e. The Morgan fingerprint density at radius 2 is 1.62 bits per heavy atom. The highest BCUT2D eigenvalue weighted by Crippen LogP contribution is 2.64. The molecule has 55 heavy (non-hydrogen) atoms. The Morgan fingerprint density at radius 3 is 2.27 bits per heavy atom. The summed E-state index contributed by atoms with van der Waals surface area (Å²) in [6.45, 7) is 2.04. The number of benzene rings is 4. The zero-order chi connectivity index (χ0) is 38.9. The maximum atomic E-state index is 15.5. The van der Waals surface area contributed by atoms with Gasteiger partial charge < -0.3 is 14.6 Å². The van der Waals surface area contributed by atoms with Gasteiger partial charge in [-0.1, -0.05) is 66.0 Å². The number of methoxy groups -OCH3 is 2. The Bertz CT molecular complexity index is 2300. The number of rotatable bonds is 8. The number of aryl methyl sites for hydroxylation is 1. The van der Waals surface area contributed by atoms with Crippen molar-refractivity contribution < 1.29 is 33.8 Å². The molecule has 2 N–H and O–H groups in total. The van der Waals surface area contributed by atoms with E-state index < -0.39 is 46.8 Å². The van der Waals surface area contributed by atoms with Gasteiger partial charge in [0.05, 0.1) is 57.4 Å². The Hall–Kier alpha value is -4.59. The van der Waals surface area contributed by atoms with Crippen LogP contribution in [0, 0.1) is 27.2 Å². The van der Waals surface area contributed by atoms with Crippen LogP contribution < -0.4 is 19.8 Å². The number of imide groups is 2. The minimum absolute atomic E-state index is 0.0669. The van der Waals surface area contributed by atoms with E-state index >= 15 is 9.59 Å². The highest BCUT2D eigenvalue weighted by atomic mass is 127. The summed E-state index contributed by atoms with van der Waals surface area (Å²) in [6, 6.07) is 22.7. The second-order valence-electron chi connectivity index (χ2n) is 14.3. The van der Waals surface area contributed by atoms with E-state index in [0.717, 1.165) is 22.6 Å². The first-order valence-electron chi connectivity index (χ1n) is 17.9. The fourth-order valence-corrected chi connectivity index (χ4v) is 10.3. The summed E-state index contributed by atoms with van der Waals surface area (Å²) in [5, 5.41) is 12.6. The van der Waals surface area contributed by atoms with Crippen LogP contribution >= 0.6 is 45.8 Å². The summed E-state index contributed by atoms with van der Waals surface area (Å²) in [7, 11) is 2.99. The van der Waals surface area contributed by atoms with E-state index in [1.165, 1.54) is 18.1 Å². The van der Waals surface area contributed by atoms with Crippen molar-refractivity contribution in [3.05, 3.63) is 121 Å². The molecule has 8 rings (SSSR count). The van der Waals surface area contributed by atoms with E-state index in [1.807, 2.05) is 47.7 Å². The molecule has 4 amide bonds. The number of hydrogen-bond donors (Lipinski definition) is 2. The van der Waals surface area contributed by atoms with Crippen molar-refractivity contribution in [3.63, 3.8) is 0 Å². The number of phenols is 1. The third-order valence-electron chi connectivity index (χ3n) is 11.8. The average Bonchev–Trinajstić information content (AvgIpc) is 3.57. The van der Waals surface area contributed by atoms with Crippen molar-refractivity contribution >= 4 is 80.8 Å². The van der Waals surface area contributed by atoms with Crippen LogP contribution in [0.4, 0.5) is 11.4 Å². The minimum atomic E-state index is -1.56. The van der Waals surface area contributed by atoms with Crippen LogP contribution in [0.15, 0.2) is 90.5 Å². The number of amides is 4. The summed E-state index contributed by atoms with van der Waals surface area (Å²) in [4.78, 5) is 60.6. The summed E-state index contributed by atoms with van der Waals surface area (Å²) in [5.74, 6) is -4.81. The van der Waals surface area contributed by atoms with Crippen molar-refractivity contribution in [3.8, 4) is 17.2 Å². The van der Waals surface area contributed by atoms with Crippen LogP contribution in [-0.2, 0) is 31.0 Å². The van der Waals surface area contributed by atoms with E-state index in [1.54, 1.807) is 67.8 Å². The maximum absolute atomic E-state index is 15.5. The van der Waals surface area contributed by atoms with Crippen LogP contribution in [0.5, 0.6) is 17.2 Å². The van der Waals surface area contributed by atoms with Crippen molar-refractivity contribution in [1.82, 2.24) is 5.01 Å². The van der Waals surface area contributed by atoms with E-state index in [9.17, 15) is 14.7 Å². The number of anilines is 2. The number of carbonyl (C=O) groups is 4. The molecule has 0 radical (unpaired) electrons. The third kappa shape index (κ3) is 5.71. The number of nitrogens with one attached hydrogen (secondary N) is 1. The number of ether oxygens (including phenoxy) is 2. The monoisotopic (exact) mass is 891 g/mol. The number of nitrogens with zero attached hydrogens (tertiary/aromatic N) is 2. The molecule has 4 aromatic rings. The Kier molecular flexibility index (Phi) is 9.62. The van der Waals surface area contributed by atoms with Crippen molar-refractivity contribution in [2.24, 2.45) is 23.7 Å². The van der Waals surface area contributed by atoms with E-state index in [2.05, 4.69) is 5.43 Å². The van der Waals surface area contributed by atoms with Crippen LogP contribution in [0.1, 0.15) is 42.4 Å². The Balaban J connectivity index is 1.34. The largest absolute Gasteiger partial charge is 0.504 e. The lowest BCUT2D eigenvalue weighted by atomic mass is 9.49. The molecule has 10 nitrogen and oxygen atoms in total. The molecule has 6 atom stereocenters. The predicted octanol–water partition coefficient (Wildman–Crippen LogP) is 8.07. The molecule has 2 aliphatic heterocycles. The number of carbonyl (C=O) groups excluding carboxylic acids is 4. The molecule has 0 unspecified atom stereocenters. The van der Waals surface area contributed by atoms with Gasteiger partial charge in [0.2, 0.25) is 11.8 Å². The zero-order valence-corrected chi connectivity index (χ0v) is 33.7. The number of phenolic OH excluding ortho intramolecular Hbond substituents is 1. The summed E-state index contributed by atoms with van der Waals surface area (Å²) >= 11 is 14.8. The second kappa shape index (κ2) is 14.2. The lowest BCUT2D eigenvalue weighted by Gasteiger charge is -2.50. The van der Waals surface area contributed by atoms with Crippen LogP contribution in [0.2, 0.25) is 10.0 Å². The number of allylic oxidation sites excluding steroid dienone is 2. The molecule has 1 saturated carbocycles. The SMILES string of the molecule is CCc1ccc(N2C(=O)[C@H]3[C@H](CC=C4[C@H]3C[C@H]3C(=O)N(Nc5ccc(Cl)cc5Cl)C(=O)[C@@]3(c3ccc(OC)cc3)[C@H]4c3cc(I)c(O)c(OC)c3)C2=O)cc1. The van der Waals surface area contributed by atoms with Gasteiger partial charge in [-0.2, -0.15) is 5.01 Å². The summed E-state index contributed by atoms with van der Waals surface area (Å²) in [5.41, 5.74) is 5.26. The van der Waals surface area contributed by atoms with Gasteiger partial charge in [-0.15, -0.1) is 0 Å². The van der Waals surface area contributed by atoms with Crippen molar-refractivity contribution in [2.75, 3.05) is 24.5 Å². The number of halogens is 3. The van der Waals surface area contributed by atoms with Gasteiger partial charge in [0.1, 0.15) is 5.75 Å². The van der Waals surface area contributed by atoms with Gasteiger partial charge in [-0.3, -0.25) is 29.5 Å². The average molecular weight is 893 g/mol. The number of fused-ring (bicyclic) bond motifs is 4. The quantitative estimate of drug-likeness (QED) is 0.103.